The van der Waals surface area contributed by atoms with Crippen LogP contribution in [0.5, 0.6) is 0 Å². The number of amides is 2. The summed E-state index contributed by atoms with van der Waals surface area (Å²) in [4.78, 5) is 48.9. The summed E-state index contributed by atoms with van der Waals surface area (Å²) >= 11 is 0. The molecule has 3 heterocycles. The summed E-state index contributed by atoms with van der Waals surface area (Å²) in [5.41, 5.74) is 1.89. The van der Waals surface area contributed by atoms with Crippen LogP contribution in [0, 0.1) is 5.41 Å². The number of fused-ring (bicyclic) bond motifs is 1. The van der Waals surface area contributed by atoms with Gasteiger partial charge in [0.15, 0.2) is 11.5 Å². The summed E-state index contributed by atoms with van der Waals surface area (Å²) in [6.07, 6.45) is 4.66. The lowest BCUT2D eigenvalue weighted by molar-refractivity contribution is -0.140. The van der Waals surface area contributed by atoms with Gasteiger partial charge in [0, 0.05) is 55.4 Å². The molecule has 1 atom stereocenters. The van der Waals surface area contributed by atoms with Crippen molar-refractivity contribution < 1.29 is 18.8 Å². The number of carbonyl (C=O) groups excluding carboxylic acids is 3. The van der Waals surface area contributed by atoms with E-state index in [4.69, 9.17) is 0 Å². The Labute approximate surface area is 221 Å². The number of rotatable bonds is 6. The molecule has 0 radical (unpaired) electrons. The van der Waals surface area contributed by atoms with E-state index in [0.717, 1.165) is 48.4 Å². The number of aromatic nitrogens is 2. The zero-order chi connectivity index (χ0) is 27.1. The van der Waals surface area contributed by atoms with Crippen molar-refractivity contribution in [3.05, 3.63) is 71.0 Å². The van der Waals surface area contributed by atoms with E-state index in [9.17, 15) is 18.8 Å². The number of hydrogen-bond acceptors (Lipinski definition) is 4. The van der Waals surface area contributed by atoms with E-state index >= 15 is 0 Å². The minimum atomic E-state index is -2.06. The van der Waals surface area contributed by atoms with Crippen LogP contribution in [0.15, 0.2) is 48.7 Å². The highest BCUT2D eigenvalue weighted by Gasteiger charge is 2.45. The van der Waals surface area contributed by atoms with Crippen molar-refractivity contribution in [3.63, 3.8) is 0 Å². The number of nitrogens with one attached hydrogen (secondary N) is 2. The highest BCUT2D eigenvalue weighted by molar-refractivity contribution is 6.05. The number of likely N-dealkylation sites (tertiary alicyclic amines) is 1. The number of anilines is 1. The van der Waals surface area contributed by atoms with Crippen LogP contribution in [0.2, 0.25) is 0 Å². The third-order valence-electron chi connectivity index (χ3n) is 7.54. The van der Waals surface area contributed by atoms with Gasteiger partial charge in [-0.25, -0.2) is 9.37 Å². The number of hydrogen-bond donors (Lipinski definition) is 2. The average Bonchev–Trinajstić information content (AvgIpc) is 3.52. The van der Waals surface area contributed by atoms with Gasteiger partial charge >= 0.3 is 0 Å². The van der Waals surface area contributed by atoms with Crippen LogP contribution >= 0.6 is 0 Å². The van der Waals surface area contributed by atoms with E-state index in [2.05, 4.69) is 15.3 Å². The van der Waals surface area contributed by atoms with Gasteiger partial charge in [-0.2, -0.15) is 0 Å². The highest BCUT2D eigenvalue weighted by atomic mass is 19.1. The Morgan fingerprint density at radius 1 is 1.13 bits per heavy atom. The standard InChI is InChI=1S/C30H33FN4O3/c1-29(2,31)27(37)34-24-16-20(11-12-32-24)26-21(15-19-9-5-4-6-10-19)25-22(33-26)17-30(3,18-23(25)36)28(38)35-13-7-8-14-35/h4-6,9-12,16,33H,7-8,13-15,17-18H2,1-3H3,(H,32,34,37). The van der Waals surface area contributed by atoms with E-state index in [1.54, 1.807) is 18.3 Å². The number of pyridine rings is 1. The zero-order valence-electron chi connectivity index (χ0n) is 22.1. The van der Waals surface area contributed by atoms with Crippen molar-refractivity contribution in [2.45, 2.75) is 58.5 Å². The van der Waals surface area contributed by atoms with E-state index in [1.807, 2.05) is 42.2 Å². The van der Waals surface area contributed by atoms with Crippen molar-refractivity contribution in [1.29, 1.82) is 0 Å². The van der Waals surface area contributed by atoms with Crippen molar-refractivity contribution in [2.75, 3.05) is 18.4 Å². The second-order valence-corrected chi connectivity index (χ2v) is 11.2. The largest absolute Gasteiger partial charge is 0.358 e. The summed E-state index contributed by atoms with van der Waals surface area (Å²) in [6, 6.07) is 13.4. The number of nitrogens with zero attached hydrogens (tertiary/aromatic N) is 2. The Kier molecular flexibility index (Phi) is 6.67. The first-order chi connectivity index (χ1) is 18.0. The molecule has 3 aromatic rings. The number of carbonyl (C=O) groups is 3. The molecule has 0 saturated carbocycles. The molecular formula is C30H33FN4O3. The maximum Gasteiger partial charge on any atom is 0.262 e. The van der Waals surface area contributed by atoms with Crippen LogP contribution in [-0.2, 0) is 22.4 Å². The molecular weight excluding hydrogens is 483 g/mol. The molecule has 1 aliphatic heterocycles. The van der Waals surface area contributed by atoms with Gasteiger partial charge in [0.2, 0.25) is 5.91 Å². The van der Waals surface area contributed by atoms with Crippen molar-refractivity contribution in [1.82, 2.24) is 14.9 Å². The second kappa shape index (κ2) is 9.82. The Balaban J connectivity index is 1.56. The topological polar surface area (TPSA) is 95.2 Å². The molecule has 2 aliphatic rings. The van der Waals surface area contributed by atoms with Gasteiger partial charge in [-0.3, -0.25) is 14.4 Å². The Bertz CT molecular complexity index is 1390. The summed E-state index contributed by atoms with van der Waals surface area (Å²) < 4.78 is 14.1. The third-order valence-corrected chi connectivity index (χ3v) is 7.54. The lowest BCUT2D eigenvalue weighted by Gasteiger charge is -2.35. The maximum absolute atomic E-state index is 14.1. The van der Waals surface area contributed by atoms with Gasteiger partial charge in [-0.1, -0.05) is 30.3 Å². The quantitative estimate of drug-likeness (QED) is 0.476. The fourth-order valence-electron chi connectivity index (χ4n) is 5.56. The minimum Gasteiger partial charge on any atom is -0.358 e. The van der Waals surface area contributed by atoms with E-state index < -0.39 is 17.0 Å². The van der Waals surface area contributed by atoms with Crippen LogP contribution in [0.4, 0.5) is 10.2 Å². The normalized spacial score (nSPS) is 19.4. The smallest absolute Gasteiger partial charge is 0.262 e. The van der Waals surface area contributed by atoms with Gasteiger partial charge in [0.25, 0.3) is 5.91 Å². The van der Waals surface area contributed by atoms with Crippen molar-refractivity contribution in [3.8, 4) is 11.3 Å². The molecule has 1 fully saturated rings. The number of halogens is 1. The van der Waals surface area contributed by atoms with Crippen molar-refractivity contribution in [2.24, 2.45) is 5.41 Å². The van der Waals surface area contributed by atoms with Gasteiger partial charge in [0.05, 0.1) is 11.1 Å². The zero-order valence-corrected chi connectivity index (χ0v) is 22.1. The van der Waals surface area contributed by atoms with Gasteiger partial charge in [-0.05, 0) is 56.9 Å². The number of alkyl halides is 1. The predicted molar refractivity (Wildman–Crippen MR) is 144 cm³/mol. The molecule has 38 heavy (non-hydrogen) atoms. The fraction of sp³-hybridized carbons (Fsp3) is 0.400. The highest BCUT2D eigenvalue weighted by Crippen LogP contribution is 2.42. The molecule has 5 rings (SSSR count). The third kappa shape index (κ3) is 4.99. The number of H-pyrrole nitrogens is 1. The Morgan fingerprint density at radius 2 is 1.84 bits per heavy atom. The van der Waals surface area contributed by atoms with E-state index in [1.165, 1.54) is 13.8 Å². The molecule has 0 bridgehead atoms. The van der Waals surface area contributed by atoms with Crippen LogP contribution < -0.4 is 5.32 Å². The van der Waals surface area contributed by atoms with Crippen LogP contribution in [0.25, 0.3) is 11.3 Å². The van der Waals surface area contributed by atoms with Crippen molar-refractivity contribution >= 4 is 23.4 Å². The summed E-state index contributed by atoms with van der Waals surface area (Å²) in [5.74, 6) is -0.574. The van der Waals surface area contributed by atoms with Crippen LogP contribution in [0.1, 0.15) is 67.2 Å². The molecule has 2 amide bonds. The van der Waals surface area contributed by atoms with Crippen LogP contribution in [-0.4, -0.2) is 51.2 Å². The Morgan fingerprint density at radius 3 is 2.53 bits per heavy atom. The van der Waals surface area contributed by atoms with E-state index in [0.29, 0.717) is 24.0 Å². The molecule has 1 unspecified atom stereocenters. The number of aromatic amines is 1. The lowest BCUT2D eigenvalue weighted by Crippen LogP contribution is -2.45. The first kappa shape index (κ1) is 25.8. The average molecular weight is 517 g/mol. The molecule has 1 aromatic carbocycles. The minimum absolute atomic E-state index is 0.0394. The monoisotopic (exact) mass is 516 g/mol. The molecule has 8 heteroatoms. The summed E-state index contributed by atoms with van der Waals surface area (Å²) in [6.45, 7) is 5.76. The molecule has 198 valence electrons. The molecule has 2 aromatic heterocycles. The molecule has 1 saturated heterocycles. The summed E-state index contributed by atoms with van der Waals surface area (Å²) in [7, 11) is 0. The molecule has 1 aliphatic carbocycles. The molecule has 2 N–H and O–H groups in total. The van der Waals surface area contributed by atoms with Crippen LogP contribution in [0.3, 0.4) is 0 Å². The second-order valence-electron chi connectivity index (χ2n) is 11.2. The first-order valence-corrected chi connectivity index (χ1v) is 13.1. The Hall–Kier alpha value is -3.81. The fourth-order valence-corrected chi connectivity index (χ4v) is 5.56. The van der Waals surface area contributed by atoms with E-state index in [-0.39, 0.29) is 23.9 Å². The van der Waals surface area contributed by atoms with Gasteiger partial charge < -0.3 is 15.2 Å². The van der Waals surface area contributed by atoms with Gasteiger partial charge in [-0.15, -0.1) is 0 Å². The first-order valence-electron chi connectivity index (χ1n) is 13.1. The number of benzene rings is 1. The number of ketones is 1. The molecule has 7 nitrogen and oxygen atoms in total. The SMILES string of the molecule is CC(C)(F)C(=O)Nc1cc(-c2[nH]c3c(c2Cc2ccccc2)C(=O)CC(C)(C(=O)N2CCCC2)C3)ccn1. The molecule has 0 spiro atoms. The summed E-state index contributed by atoms with van der Waals surface area (Å²) in [5, 5.41) is 2.53. The maximum atomic E-state index is 14.1. The number of Topliss-reactive ketones (excluding diaryl/α,β-unsaturated/α-hetero) is 1. The van der Waals surface area contributed by atoms with Gasteiger partial charge in [0.1, 0.15) is 5.82 Å². The lowest BCUT2D eigenvalue weighted by atomic mass is 9.72. The predicted octanol–water partition coefficient (Wildman–Crippen LogP) is 5.11.